The Bertz CT molecular complexity index is 1070. The van der Waals surface area contributed by atoms with E-state index in [1.807, 2.05) is 31.5 Å². The highest BCUT2D eigenvalue weighted by atomic mass is 32.2. The fourth-order valence-electron chi connectivity index (χ4n) is 4.12. The molecule has 1 aliphatic rings. The third kappa shape index (κ3) is 6.06. The van der Waals surface area contributed by atoms with Crippen LogP contribution in [0.2, 0.25) is 0 Å². The second kappa shape index (κ2) is 10.7. The first-order chi connectivity index (χ1) is 16.4. The summed E-state index contributed by atoms with van der Waals surface area (Å²) in [5.74, 6) is -0.0891. The van der Waals surface area contributed by atoms with E-state index >= 15 is 4.39 Å². The minimum atomic E-state index is -0.476. The zero-order chi connectivity index (χ0) is 26.0. The smallest absolute Gasteiger partial charge is 0.240 e. The second-order valence-corrected chi connectivity index (χ2v) is 11.9. The Morgan fingerprint density at radius 2 is 1.91 bits per heavy atom. The summed E-state index contributed by atoms with van der Waals surface area (Å²) in [7, 11) is 1.61. The maximum absolute atomic E-state index is 15.1. The molecule has 0 bridgehead atoms. The number of anilines is 1. The quantitative estimate of drug-likeness (QED) is 0.566. The van der Waals surface area contributed by atoms with E-state index in [0.717, 1.165) is 11.3 Å². The van der Waals surface area contributed by atoms with Gasteiger partial charge in [0, 0.05) is 36.8 Å². The highest BCUT2D eigenvalue weighted by Crippen LogP contribution is 2.49. The average Bonchev–Trinajstić information content (AvgIpc) is 3.12. The van der Waals surface area contributed by atoms with E-state index in [9.17, 15) is 9.59 Å². The molecule has 0 saturated carbocycles. The van der Waals surface area contributed by atoms with Crippen molar-refractivity contribution in [2.45, 2.75) is 64.2 Å². The molecular formula is C26H37FN4O3S. The summed E-state index contributed by atoms with van der Waals surface area (Å²) in [6.45, 7) is 13.1. The SMILES string of the molecule is COCCCNC(=O)CN1C(=O)CS[C@H](c2ccccc2F)c2c(C(C)(C)C)nn(C(C)(C)C)c21. The lowest BCUT2D eigenvalue weighted by molar-refractivity contribution is -0.123. The van der Waals surface area contributed by atoms with E-state index in [1.165, 1.54) is 22.7 Å². The lowest BCUT2D eigenvalue weighted by Crippen LogP contribution is -2.44. The number of carbonyl (C=O) groups excluding carboxylic acids is 2. The first-order valence-electron chi connectivity index (χ1n) is 11.9. The van der Waals surface area contributed by atoms with Crippen LogP contribution < -0.4 is 10.2 Å². The van der Waals surface area contributed by atoms with Gasteiger partial charge in [-0.25, -0.2) is 9.07 Å². The average molecular weight is 505 g/mol. The van der Waals surface area contributed by atoms with Gasteiger partial charge >= 0.3 is 0 Å². The van der Waals surface area contributed by atoms with Crippen LogP contribution in [0.15, 0.2) is 24.3 Å². The number of benzene rings is 1. The van der Waals surface area contributed by atoms with Crippen LogP contribution in [0.3, 0.4) is 0 Å². The molecule has 1 N–H and O–H groups in total. The number of ether oxygens (including phenoxy) is 1. The number of fused-ring (bicyclic) bond motifs is 1. The van der Waals surface area contributed by atoms with Gasteiger partial charge in [-0.05, 0) is 33.3 Å². The molecule has 0 fully saturated rings. The van der Waals surface area contributed by atoms with E-state index in [1.54, 1.807) is 19.2 Å². The van der Waals surface area contributed by atoms with Crippen LogP contribution in [0.25, 0.3) is 0 Å². The largest absolute Gasteiger partial charge is 0.385 e. The number of hydrogen-bond donors (Lipinski definition) is 1. The standard InChI is InChI=1S/C26H37FN4O3S/c1-25(2,3)23-21-22(17-11-8-9-12-18(17)27)35-16-20(33)30(15-19(32)28-13-10-14-34-7)24(21)31(29-23)26(4,5)6/h8-9,11-12,22H,10,13-16H2,1-7H3,(H,28,32)/t22-/m1/s1. The van der Waals surface area contributed by atoms with Crippen molar-refractivity contribution >= 4 is 29.4 Å². The topological polar surface area (TPSA) is 76.5 Å². The van der Waals surface area contributed by atoms with Crippen molar-refractivity contribution in [3.63, 3.8) is 0 Å². The molecule has 2 aromatic rings. The van der Waals surface area contributed by atoms with Gasteiger partial charge in [-0.2, -0.15) is 5.10 Å². The summed E-state index contributed by atoms with van der Waals surface area (Å²) < 4.78 is 21.9. The number of methoxy groups -OCH3 is 1. The normalized spacial score (nSPS) is 16.7. The van der Waals surface area contributed by atoms with Gasteiger partial charge in [-0.15, -0.1) is 11.8 Å². The van der Waals surface area contributed by atoms with Crippen LogP contribution in [0.5, 0.6) is 0 Å². The zero-order valence-electron chi connectivity index (χ0n) is 21.8. The van der Waals surface area contributed by atoms with E-state index in [-0.39, 0.29) is 35.3 Å². The molecule has 1 aromatic heterocycles. The molecule has 1 aliphatic heterocycles. The number of hydrogen-bond acceptors (Lipinski definition) is 5. The molecule has 2 amide bonds. The Labute approximate surface area is 211 Å². The monoisotopic (exact) mass is 504 g/mol. The molecule has 3 rings (SSSR count). The first kappa shape index (κ1) is 27.2. The van der Waals surface area contributed by atoms with Crippen LogP contribution >= 0.6 is 11.8 Å². The first-order valence-corrected chi connectivity index (χ1v) is 13.0. The number of thioether (sulfide) groups is 1. The van der Waals surface area contributed by atoms with Crippen molar-refractivity contribution in [2.75, 3.05) is 37.5 Å². The van der Waals surface area contributed by atoms with E-state index in [0.29, 0.717) is 31.0 Å². The van der Waals surface area contributed by atoms with Gasteiger partial charge in [0.1, 0.15) is 18.2 Å². The third-order valence-electron chi connectivity index (χ3n) is 5.77. The molecule has 0 aliphatic carbocycles. The van der Waals surface area contributed by atoms with Crippen LogP contribution in [0.1, 0.15) is 70.0 Å². The van der Waals surface area contributed by atoms with Crippen molar-refractivity contribution in [3.8, 4) is 0 Å². The predicted octanol–water partition coefficient (Wildman–Crippen LogP) is 4.40. The molecule has 35 heavy (non-hydrogen) atoms. The molecule has 7 nitrogen and oxygen atoms in total. The summed E-state index contributed by atoms with van der Waals surface area (Å²) >= 11 is 1.38. The van der Waals surface area contributed by atoms with Gasteiger partial charge in [-0.1, -0.05) is 39.0 Å². The van der Waals surface area contributed by atoms with Gasteiger partial charge in [0.2, 0.25) is 11.8 Å². The molecule has 0 saturated heterocycles. The van der Waals surface area contributed by atoms with Crippen LogP contribution in [0, 0.1) is 5.82 Å². The summed E-state index contributed by atoms with van der Waals surface area (Å²) in [6, 6.07) is 6.68. The third-order valence-corrected chi connectivity index (χ3v) is 7.01. The highest BCUT2D eigenvalue weighted by molar-refractivity contribution is 8.00. The number of halogens is 1. The van der Waals surface area contributed by atoms with Gasteiger partial charge < -0.3 is 10.1 Å². The number of aromatic nitrogens is 2. The van der Waals surface area contributed by atoms with Crippen molar-refractivity contribution in [1.82, 2.24) is 15.1 Å². The Morgan fingerprint density at radius 1 is 1.23 bits per heavy atom. The Balaban J connectivity index is 2.19. The fraction of sp³-hybridized carbons (Fsp3) is 0.577. The summed E-state index contributed by atoms with van der Waals surface area (Å²) in [6.07, 6.45) is 0.681. The molecule has 2 heterocycles. The van der Waals surface area contributed by atoms with E-state index < -0.39 is 10.8 Å². The summed E-state index contributed by atoms with van der Waals surface area (Å²) in [4.78, 5) is 27.9. The van der Waals surface area contributed by atoms with Crippen molar-refractivity contribution in [3.05, 3.63) is 46.9 Å². The molecule has 0 unspecified atom stereocenters. The molecule has 1 atom stereocenters. The summed E-state index contributed by atoms with van der Waals surface area (Å²) in [5, 5.41) is 7.44. The van der Waals surface area contributed by atoms with Crippen LogP contribution in [0.4, 0.5) is 10.2 Å². The Morgan fingerprint density at radius 3 is 2.51 bits per heavy atom. The number of amides is 2. The van der Waals surface area contributed by atoms with E-state index in [4.69, 9.17) is 9.84 Å². The number of nitrogens with one attached hydrogen (secondary N) is 1. The van der Waals surface area contributed by atoms with Gasteiger partial charge in [-0.3, -0.25) is 14.5 Å². The van der Waals surface area contributed by atoms with Crippen LogP contribution in [-0.4, -0.2) is 54.2 Å². The highest BCUT2D eigenvalue weighted by Gasteiger charge is 2.41. The van der Waals surface area contributed by atoms with Crippen molar-refractivity contribution < 1.29 is 18.7 Å². The lowest BCUT2D eigenvalue weighted by Gasteiger charge is -2.29. The Kier molecular flexibility index (Phi) is 8.32. The molecular weight excluding hydrogens is 467 g/mol. The summed E-state index contributed by atoms with van der Waals surface area (Å²) in [5.41, 5.74) is 1.25. The van der Waals surface area contributed by atoms with Crippen molar-refractivity contribution in [2.24, 2.45) is 0 Å². The van der Waals surface area contributed by atoms with Crippen molar-refractivity contribution in [1.29, 1.82) is 0 Å². The van der Waals surface area contributed by atoms with Gasteiger partial charge in [0.05, 0.1) is 22.2 Å². The molecule has 1 aromatic carbocycles. The molecule has 9 heteroatoms. The van der Waals surface area contributed by atoms with Gasteiger partial charge in [0.25, 0.3) is 0 Å². The second-order valence-electron chi connectivity index (χ2n) is 10.8. The van der Waals surface area contributed by atoms with Gasteiger partial charge in [0.15, 0.2) is 0 Å². The number of carbonyl (C=O) groups is 2. The Hall–Kier alpha value is -2.39. The van der Waals surface area contributed by atoms with Crippen LogP contribution in [-0.2, 0) is 25.3 Å². The maximum Gasteiger partial charge on any atom is 0.240 e. The minimum Gasteiger partial charge on any atom is -0.385 e. The molecule has 192 valence electrons. The molecule has 0 radical (unpaired) electrons. The molecule has 0 spiro atoms. The van der Waals surface area contributed by atoms with E-state index in [2.05, 4.69) is 26.1 Å². The minimum absolute atomic E-state index is 0.123. The number of nitrogens with zero attached hydrogens (tertiary/aromatic N) is 3. The fourth-order valence-corrected chi connectivity index (χ4v) is 5.34. The number of rotatable bonds is 7. The maximum atomic E-state index is 15.1. The lowest BCUT2D eigenvalue weighted by atomic mass is 9.87. The predicted molar refractivity (Wildman–Crippen MR) is 138 cm³/mol. The zero-order valence-corrected chi connectivity index (χ0v) is 22.6.